The number of carbonyl (C=O) groups is 1. The quantitative estimate of drug-likeness (QED) is 0.522. The highest BCUT2D eigenvalue weighted by Crippen LogP contribution is 2.29. The van der Waals surface area contributed by atoms with Crippen LogP contribution in [-0.2, 0) is 17.6 Å². The van der Waals surface area contributed by atoms with Gasteiger partial charge in [-0.15, -0.1) is 0 Å². The minimum Gasteiger partial charge on any atom is -0.496 e. The number of benzene rings is 1. The molecule has 1 aromatic carbocycles. The monoisotopic (exact) mass is 347 g/mol. The summed E-state index contributed by atoms with van der Waals surface area (Å²) in [6, 6.07) is 7.02. The summed E-state index contributed by atoms with van der Waals surface area (Å²) in [6.45, 7) is 8.91. The van der Waals surface area contributed by atoms with Gasteiger partial charge in [0.25, 0.3) is 0 Å². The summed E-state index contributed by atoms with van der Waals surface area (Å²) in [5.41, 5.74) is 2.76. The number of methoxy groups -OCH3 is 1. The van der Waals surface area contributed by atoms with Crippen LogP contribution in [0, 0.1) is 0 Å². The zero-order chi connectivity index (χ0) is 18.2. The predicted octanol–water partition coefficient (Wildman–Crippen LogP) is 2.64. The Morgan fingerprint density at radius 3 is 2.76 bits per heavy atom. The molecule has 5 heteroatoms. The van der Waals surface area contributed by atoms with Crippen LogP contribution in [0.5, 0.6) is 5.75 Å². The highest BCUT2D eigenvalue weighted by atomic mass is 16.5. The number of hydrazine groups is 1. The fraction of sp³-hybridized carbons (Fsp3) is 0.650. The van der Waals surface area contributed by atoms with Gasteiger partial charge in [-0.25, -0.2) is 5.01 Å². The van der Waals surface area contributed by atoms with Gasteiger partial charge in [0.05, 0.1) is 7.11 Å². The minimum absolute atomic E-state index is 0.204. The van der Waals surface area contributed by atoms with Crippen molar-refractivity contribution in [3.63, 3.8) is 0 Å². The van der Waals surface area contributed by atoms with E-state index in [1.807, 2.05) is 5.01 Å². The fourth-order valence-electron chi connectivity index (χ4n) is 3.75. The van der Waals surface area contributed by atoms with E-state index in [9.17, 15) is 4.79 Å². The van der Waals surface area contributed by atoms with E-state index in [2.05, 4.69) is 49.3 Å². The van der Waals surface area contributed by atoms with Crippen LogP contribution in [0.2, 0.25) is 0 Å². The van der Waals surface area contributed by atoms with Gasteiger partial charge in [-0.2, -0.15) is 0 Å². The normalized spacial score (nSPS) is 17.9. The van der Waals surface area contributed by atoms with E-state index in [-0.39, 0.29) is 6.04 Å². The molecule has 1 aliphatic carbocycles. The van der Waals surface area contributed by atoms with Gasteiger partial charge < -0.3 is 10.1 Å². The third kappa shape index (κ3) is 4.95. The van der Waals surface area contributed by atoms with E-state index in [4.69, 9.17) is 4.74 Å². The smallest absolute Gasteiger partial charge is 0.224 e. The maximum Gasteiger partial charge on any atom is 0.224 e. The number of nitrogens with zero attached hydrogens (tertiary/aromatic N) is 2. The van der Waals surface area contributed by atoms with E-state index in [0.29, 0.717) is 6.04 Å². The molecule has 0 bridgehead atoms. The Balaban J connectivity index is 1.85. The molecule has 0 aliphatic heterocycles. The van der Waals surface area contributed by atoms with Gasteiger partial charge in [-0.1, -0.05) is 26.0 Å². The number of hydrogen-bond acceptors (Lipinski definition) is 4. The molecule has 0 saturated carbocycles. The molecule has 0 aromatic heterocycles. The Labute approximate surface area is 152 Å². The fourth-order valence-corrected chi connectivity index (χ4v) is 3.75. The molecule has 0 spiro atoms. The first-order chi connectivity index (χ1) is 12.1. The van der Waals surface area contributed by atoms with Gasteiger partial charge >= 0.3 is 0 Å². The molecular weight excluding hydrogens is 314 g/mol. The zero-order valence-electron chi connectivity index (χ0n) is 16.1. The summed E-state index contributed by atoms with van der Waals surface area (Å²) in [5.74, 6) is 1.01. The van der Waals surface area contributed by atoms with Crippen molar-refractivity contribution in [2.45, 2.75) is 58.5 Å². The number of aryl methyl sites for hydroxylation is 1. The van der Waals surface area contributed by atoms with Gasteiger partial charge in [0.15, 0.2) is 0 Å². The van der Waals surface area contributed by atoms with Crippen LogP contribution in [0.3, 0.4) is 0 Å². The third-order valence-electron chi connectivity index (χ3n) is 5.27. The average Bonchev–Trinajstić information content (AvgIpc) is 2.65. The zero-order valence-corrected chi connectivity index (χ0v) is 16.1. The molecule has 0 saturated heterocycles. The maximum atomic E-state index is 11.4. The Morgan fingerprint density at radius 1 is 1.36 bits per heavy atom. The molecule has 1 aliphatic rings. The van der Waals surface area contributed by atoms with Crippen LogP contribution < -0.4 is 10.1 Å². The van der Waals surface area contributed by atoms with Crippen LogP contribution in [0.1, 0.15) is 44.7 Å². The van der Waals surface area contributed by atoms with Gasteiger partial charge in [0.2, 0.25) is 6.41 Å². The van der Waals surface area contributed by atoms with E-state index in [1.54, 1.807) is 7.11 Å². The Morgan fingerprint density at radius 2 is 2.12 bits per heavy atom. The van der Waals surface area contributed by atoms with Crippen LogP contribution in [-0.4, -0.2) is 55.3 Å². The van der Waals surface area contributed by atoms with Crippen molar-refractivity contribution in [3.8, 4) is 5.75 Å². The molecule has 1 amide bonds. The summed E-state index contributed by atoms with van der Waals surface area (Å²) in [7, 11) is 1.75. The first-order valence-corrected chi connectivity index (χ1v) is 9.51. The Kier molecular flexibility index (Phi) is 7.72. The van der Waals surface area contributed by atoms with Crippen molar-refractivity contribution >= 4 is 6.41 Å². The van der Waals surface area contributed by atoms with Crippen LogP contribution in [0.15, 0.2) is 18.2 Å². The average molecular weight is 348 g/mol. The molecule has 140 valence electrons. The van der Waals surface area contributed by atoms with Gasteiger partial charge in [-0.3, -0.25) is 9.80 Å². The molecule has 1 aromatic rings. The van der Waals surface area contributed by atoms with Crippen LogP contribution >= 0.6 is 0 Å². The van der Waals surface area contributed by atoms with Crippen molar-refractivity contribution in [1.82, 2.24) is 15.3 Å². The molecule has 5 nitrogen and oxygen atoms in total. The second-order valence-corrected chi connectivity index (χ2v) is 6.75. The predicted molar refractivity (Wildman–Crippen MR) is 102 cm³/mol. The van der Waals surface area contributed by atoms with Gasteiger partial charge in [0, 0.05) is 25.2 Å². The Bertz CT molecular complexity index is 531. The number of hydrogen-bond donors (Lipinski definition) is 1. The number of carbonyl (C=O) groups excluding carboxylic acids is 1. The van der Waals surface area contributed by atoms with Crippen molar-refractivity contribution in [3.05, 3.63) is 29.3 Å². The van der Waals surface area contributed by atoms with E-state index in [0.717, 1.165) is 57.5 Å². The summed E-state index contributed by atoms with van der Waals surface area (Å²) in [4.78, 5) is 11.4. The maximum absolute atomic E-state index is 11.4. The second kappa shape index (κ2) is 9.78. The van der Waals surface area contributed by atoms with E-state index >= 15 is 0 Å². The second-order valence-electron chi connectivity index (χ2n) is 6.75. The van der Waals surface area contributed by atoms with Crippen LogP contribution in [0.4, 0.5) is 0 Å². The summed E-state index contributed by atoms with van der Waals surface area (Å²) in [6.07, 6.45) is 5.17. The number of fused-ring (bicyclic) bond motifs is 1. The van der Waals surface area contributed by atoms with Gasteiger partial charge in [0.1, 0.15) is 5.75 Å². The summed E-state index contributed by atoms with van der Waals surface area (Å²) >= 11 is 0. The number of amides is 1. The number of ether oxygens (including phenoxy) is 1. The lowest BCUT2D eigenvalue weighted by molar-refractivity contribution is -0.139. The topological polar surface area (TPSA) is 44.8 Å². The van der Waals surface area contributed by atoms with E-state index in [1.165, 1.54) is 11.1 Å². The molecule has 2 unspecified atom stereocenters. The Hall–Kier alpha value is -1.59. The molecule has 0 radical (unpaired) electrons. The van der Waals surface area contributed by atoms with E-state index < -0.39 is 0 Å². The summed E-state index contributed by atoms with van der Waals surface area (Å²) < 4.78 is 5.52. The number of nitrogens with one attached hydrogen (secondary N) is 1. The first kappa shape index (κ1) is 19.7. The SMILES string of the molecule is CCN(CC)N(C=O)C(C)CCNC1CCc2cccc(OC)c2C1. The molecule has 0 fully saturated rings. The lowest BCUT2D eigenvalue weighted by Crippen LogP contribution is -2.48. The highest BCUT2D eigenvalue weighted by Gasteiger charge is 2.22. The van der Waals surface area contributed by atoms with Crippen molar-refractivity contribution < 1.29 is 9.53 Å². The number of rotatable bonds is 10. The molecule has 2 atom stereocenters. The minimum atomic E-state index is 0.204. The molecule has 25 heavy (non-hydrogen) atoms. The molecule has 0 heterocycles. The highest BCUT2D eigenvalue weighted by molar-refractivity contribution is 5.46. The van der Waals surface area contributed by atoms with Crippen molar-refractivity contribution in [2.75, 3.05) is 26.7 Å². The molecule has 1 N–H and O–H groups in total. The van der Waals surface area contributed by atoms with Crippen molar-refractivity contribution in [2.24, 2.45) is 0 Å². The first-order valence-electron chi connectivity index (χ1n) is 9.51. The largest absolute Gasteiger partial charge is 0.496 e. The van der Waals surface area contributed by atoms with Crippen molar-refractivity contribution in [1.29, 1.82) is 0 Å². The third-order valence-corrected chi connectivity index (χ3v) is 5.27. The standard InChI is InChI=1S/C20H33N3O2/c1-5-22(6-2)23(15-24)16(3)12-13-21-18-11-10-17-8-7-9-20(25-4)19(17)14-18/h7-9,15-16,18,21H,5-6,10-14H2,1-4H3. The van der Waals surface area contributed by atoms with Gasteiger partial charge in [-0.05, 0) is 56.3 Å². The summed E-state index contributed by atoms with van der Waals surface area (Å²) in [5, 5.41) is 7.60. The molecular formula is C20H33N3O2. The molecule has 2 rings (SSSR count). The van der Waals surface area contributed by atoms with Crippen LogP contribution in [0.25, 0.3) is 0 Å². The lowest BCUT2D eigenvalue weighted by atomic mass is 9.87. The lowest BCUT2D eigenvalue weighted by Gasteiger charge is -2.35.